The summed E-state index contributed by atoms with van der Waals surface area (Å²) in [5, 5.41) is 0. The molecule has 0 unspecified atom stereocenters. The average molecular weight is 398 g/mol. The number of carbonyl (C=O) groups is 3. The molecule has 0 aromatic heterocycles. The van der Waals surface area contributed by atoms with Crippen molar-refractivity contribution in [1.82, 2.24) is 0 Å². The number of ketones is 2. The van der Waals surface area contributed by atoms with Crippen molar-refractivity contribution in [3.05, 3.63) is 59.8 Å². The third-order valence-electron chi connectivity index (χ3n) is 4.83. The van der Waals surface area contributed by atoms with Gasteiger partial charge >= 0.3 is 5.97 Å². The lowest BCUT2D eigenvalue weighted by Gasteiger charge is -2.30. The van der Waals surface area contributed by atoms with E-state index in [1.807, 2.05) is 26.0 Å². The highest BCUT2D eigenvalue weighted by molar-refractivity contribution is 5.91. The quantitative estimate of drug-likeness (QED) is 0.485. The second-order valence-corrected chi connectivity index (χ2v) is 7.86. The van der Waals surface area contributed by atoms with Gasteiger partial charge in [0.1, 0.15) is 0 Å². The van der Waals surface area contributed by atoms with Crippen molar-refractivity contribution in [2.75, 3.05) is 0 Å². The van der Waals surface area contributed by atoms with Gasteiger partial charge in [-0.05, 0) is 46.1 Å². The molecule has 0 N–H and O–H groups in total. The molecule has 0 aromatic rings. The van der Waals surface area contributed by atoms with Crippen LogP contribution in [-0.2, 0) is 23.9 Å². The summed E-state index contributed by atoms with van der Waals surface area (Å²) < 4.78 is 11.5. The summed E-state index contributed by atoms with van der Waals surface area (Å²) in [6.07, 6.45) is 11.6. The Balaban J connectivity index is 2.26. The molecule has 156 valence electrons. The van der Waals surface area contributed by atoms with Crippen LogP contribution < -0.4 is 0 Å². The second-order valence-electron chi connectivity index (χ2n) is 7.86. The number of ether oxygens (including phenoxy) is 2. The minimum atomic E-state index is -0.834. The molecule has 3 atom stereocenters. The van der Waals surface area contributed by atoms with Gasteiger partial charge in [-0.1, -0.05) is 47.6 Å². The monoisotopic (exact) mass is 398 g/mol. The van der Waals surface area contributed by atoms with Crippen LogP contribution in [0, 0.1) is 0 Å². The molecule has 1 fully saturated rings. The second kappa shape index (κ2) is 10.9. The van der Waals surface area contributed by atoms with Crippen LogP contribution in [0.4, 0.5) is 0 Å². The number of cyclic esters (lactones) is 1. The zero-order valence-electron chi connectivity index (χ0n) is 17.5. The molecule has 2 aliphatic heterocycles. The molecule has 0 amide bonds. The van der Waals surface area contributed by atoms with Gasteiger partial charge in [-0.25, -0.2) is 4.79 Å². The molecular weight excluding hydrogens is 368 g/mol. The Morgan fingerprint density at radius 3 is 2.59 bits per heavy atom. The number of fused-ring (bicyclic) bond motifs is 2. The number of hydrogen-bond acceptors (Lipinski definition) is 5. The molecule has 0 aromatic carbocycles. The van der Waals surface area contributed by atoms with Crippen molar-refractivity contribution >= 4 is 17.5 Å². The van der Waals surface area contributed by atoms with Crippen LogP contribution in [0.3, 0.4) is 0 Å². The lowest BCUT2D eigenvalue weighted by molar-refractivity contribution is -0.149. The summed E-state index contributed by atoms with van der Waals surface area (Å²) in [7, 11) is 0. The summed E-state index contributed by atoms with van der Waals surface area (Å²) in [5.41, 5.74) is 2.85. The number of hydrogen-bond donors (Lipinski definition) is 0. The molecule has 0 spiro atoms. The van der Waals surface area contributed by atoms with Crippen LogP contribution in [0.1, 0.15) is 52.9 Å². The van der Waals surface area contributed by atoms with Crippen molar-refractivity contribution in [2.24, 2.45) is 0 Å². The molecule has 0 aliphatic carbocycles. The molecule has 2 heterocycles. The molecule has 2 aliphatic rings. The Labute approximate surface area is 172 Å². The van der Waals surface area contributed by atoms with E-state index in [2.05, 4.69) is 6.58 Å². The molecular formula is C24H30O5. The van der Waals surface area contributed by atoms with Crippen molar-refractivity contribution in [3.63, 3.8) is 0 Å². The first-order valence-electron chi connectivity index (χ1n) is 9.96. The van der Waals surface area contributed by atoms with Gasteiger partial charge in [-0.2, -0.15) is 0 Å². The third kappa shape index (κ3) is 8.16. The first-order chi connectivity index (χ1) is 13.7. The van der Waals surface area contributed by atoms with Gasteiger partial charge in [0.15, 0.2) is 17.7 Å². The maximum absolute atomic E-state index is 12.1. The zero-order chi connectivity index (χ0) is 21.4. The van der Waals surface area contributed by atoms with Crippen LogP contribution in [0.2, 0.25) is 0 Å². The molecule has 29 heavy (non-hydrogen) atoms. The predicted octanol–water partition coefficient (Wildman–Crippen LogP) is 4.35. The van der Waals surface area contributed by atoms with E-state index in [-0.39, 0.29) is 30.2 Å². The fourth-order valence-electron chi connectivity index (χ4n) is 3.43. The molecule has 5 heteroatoms. The van der Waals surface area contributed by atoms with E-state index < -0.39 is 12.1 Å². The maximum atomic E-state index is 12.1. The molecule has 2 rings (SSSR count). The van der Waals surface area contributed by atoms with Gasteiger partial charge in [-0.3, -0.25) is 9.59 Å². The Bertz CT molecular complexity index is 781. The Hall–Kier alpha value is -2.53. The van der Waals surface area contributed by atoms with E-state index in [1.165, 1.54) is 13.0 Å². The van der Waals surface area contributed by atoms with Crippen molar-refractivity contribution < 1.29 is 23.9 Å². The highest BCUT2D eigenvalue weighted by Gasteiger charge is 2.24. The number of carbonyl (C=O) groups excluding carboxylic acids is 3. The minimum Gasteiger partial charge on any atom is -0.451 e. The molecule has 5 nitrogen and oxygen atoms in total. The third-order valence-corrected chi connectivity index (χ3v) is 4.83. The smallest absolute Gasteiger partial charge is 0.331 e. The molecule has 0 radical (unpaired) electrons. The van der Waals surface area contributed by atoms with Crippen LogP contribution in [0.5, 0.6) is 0 Å². The SMILES string of the molecule is C=C1C[C@H]2C/C=C/C(=O)C/C(C)=C\C=C\C(=O)O[C@@H](C(C)=O)C/C(C)=C/[C@@H](C1)O2. The molecule has 2 bridgehead atoms. The van der Waals surface area contributed by atoms with Crippen molar-refractivity contribution in [2.45, 2.75) is 71.2 Å². The summed E-state index contributed by atoms with van der Waals surface area (Å²) in [4.78, 5) is 36.1. The van der Waals surface area contributed by atoms with Crippen molar-refractivity contribution in [3.8, 4) is 0 Å². The van der Waals surface area contributed by atoms with E-state index in [9.17, 15) is 14.4 Å². The topological polar surface area (TPSA) is 69.7 Å². The Kier molecular flexibility index (Phi) is 8.52. The van der Waals surface area contributed by atoms with Crippen LogP contribution in [-0.4, -0.2) is 35.8 Å². The summed E-state index contributed by atoms with van der Waals surface area (Å²) >= 11 is 0. The fourth-order valence-corrected chi connectivity index (χ4v) is 3.43. The number of rotatable bonds is 1. The average Bonchev–Trinajstić information content (AvgIpc) is 2.59. The van der Waals surface area contributed by atoms with Gasteiger partial charge in [0, 0.05) is 18.9 Å². The number of allylic oxidation sites excluding steroid dienone is 4. The number of esters is 1. The predicted molar refractivity (Wildman–Crippen MR) is 112 cm³/mol. The largest absolute Gasteiger partial charge is 0.451 e. The lowest BCUT2D eigenvalue weighted by Crippen LogP contribution is -2.28. The van der Waals surface area contributed by atoms with Gasteiger partial charge in [-0.15, -0.1) is 0 Å². The summed E-state index contributed by atoms with van der Waals surface area (Å²) in [5.74, 6) is -0.797. The molecule has 1 saturated heterocycles. The van der Waals surface area contributed by atoms with Gasteiger partial charge < -0.3 is 9.47 Å². The Morgan fingerprint density at radius 2 is 1.86 bits per heavy atom. The highest BCUT2D eigenvalue weighted by atomic mass is 16.5. The van der Waals surface area contributed by atoms with E-state index in [1.54, 1.807) is 18.2 Å². The van der Waals surface area contributed by atoms with Crippen LogP contribution in [0.25, 0.3) is 0 Å². The fraction of sp³-hybridized carbons (Fsp3) is 0.458. The first kappa shape index (κ1) is 22.8. The highest BCUT2D eigenvalue weighted by Crippen LogP contribution is 2.27. The van der Waals surface area contributed by atoms with E-state index in [0.717, 1.165) is 23.1 Å². The first-order valence-corrected chi connectivity index (χ1v) is 9.96. The van der Waals surface area contributed by atoms with E-state index in [4.69, 9.17) is 9.47 Å². The van der Waals surface area contributed by atoms with Gasteiger partial charge in [0.05, 0.1) is 12.2 Å². The van der Waals surface area contributed by atoms with Crippen LogP contribution >= 0.6 is 0 Å². The lowest BCUT2D eigenvalue weighted by atomic mass is 9.95. The number of Topliss-reactive ketones (excluding diaryl/α,β-unsaturated/α-hetero) is 1. The summed E-state index contributed by atoms with van der Waals surface area (Å²) in [6.45, 7) is 9.25. The van der Waals surface area contributed by atoms with E-state index >= 15 is 0 Å². The minimum absolute atomic E-state index is 0.00517. The summed E-state index contributed by atoms with van der Waals surface area (Å²) in [6, 6.07) is 0. The van der Waals surface area contributed by atoms with Crippen molar-refractivity contribution in [1.29, 1.82) is 0 Å². The standard InChI is InChI=1S/C24H30O5/c1-16-7-5-10-24(27)29-23(19(4)25)15-18(3)14-22-13-17(2)12-21(28-22)9-6-8-20(26)11-16/h5-8,10,14,21-23H,2,9,11-13,15H2,1,3-4H3/b8-6+,10-5+,16-7-,18-14+/t21-,22-,23-/m1/s1. The molecule has 0 saturated carbocycles. The Morgan fingerprint density at radius 1 is 1.10 bits per heavy atom. The normalized spacial score (nSPS) is 33.2. The zero-order valence-corrected chi connectivity index (χ0v) is 17.5. The maximum Gasteiger partial charge on any atom is 0.331 e. The van der Waals surface area contributed by atoms with Gasteiger partial charge in [0.25, 0.3) is 0 Å². The van der Waals surface area contributed by atoms with E-state index in [0.29, 0.717) is 19.3 Å². The van der Waals surface area contributed by atoms with Gasteiger partial charge in [0.2, 0.25) is 0 Å². The van der Waals surface area contributed by atoms with Crippen LogP contribution in [0.15, 0.2) is 59.8 Å².